The van der Waals surface area contributed by atoms with Crippen LogP contribution in [0.1, 0.15) is 38.8 Å². The first-order chi connectivity index (χ1) is 8.94. The van der Waals surface area contributed by atoms with Gasteiger partial charge in [0.2, 0.25) is 5.91 Å². The molecule has 1 unspecified atom stereocenters. The van der Waals surface area contributed by atoms with Crippen molar-refractivity contribution in [3.05, 3.63) is 29.8 Å². The zero-order chi connectivity index (χ0) is 14.5. The highest BCUT2D eigenvalue weighted by Crippen LogP contribution is 2.22. The number of carbonyl (C=O) groups is 1. The molecule has 0 aromatic heterocycles. The Labute approximate surface area is 115 Å². The summed E-state index contributed by atoms with van der Waals surface area (Å²) in [7, 11) is 1.64. The van der Waals surface area contributed by atoms with Crippen LogP contribution in [0.5, 0.6) is 5.75 Å². The molecule has 0 saturated heterocycles. The second-order valence-corrected chi connectivity index (χ2v) is 5.30. The van der Waals surface area contributed by atoms with E-state index in [9.17, 15) is 4.79 Å². The lowest BCUT2D eigenvalue weighted by molar-refractivity contribution is -0.129. The standard InChI is InChI=1S/C15H24N2O2/c1-5-13(17-14(18)15(2,3)10-16)11-6-8-12(19-4)9-7-11/h6-9,13H,5,10,16H2,1-4H3,(H,17,18). The normalized spacial score (nSPS) is 12.9. The average molecular weight is 264 g/mol. The van der Waals surface area contributed by atoms with Gasteiger partial charge in [0.25, 0.3) is 0 Å². The molecule has 1 aromatic carbocycles. The molecule has 19 heavy (non-hydrogen) atoms. The van der Waals surface area contributed by atoms with E-state index in [1.807, 2.05) is 45.0 Å². The molecule has 0 spiro atoms. The minimum Gasteiger partial charge on any atom is -0.497 e. The topological polar surface area (TPSA) is 64.4 Å². The lowest BCUT2D eigenvalue weighted by atomic mass is 9.91. The van der Waals surface area contributed by atoms with Gasteiger partial charge in [-0.3, -0.25) is 4.79 Å². The largest absolute Gasteiger partial charge is 0.497 e. The first kappa shape index (κ1) is 15.5. The van der Waals surface area contributed by atoms with Gasteiger partial charge in [0.05, 0.1) is 18.6 Å². The summed E-state index contributed by atoms with van der Waals surface area (Å²) in [6.45, 7) is 6.08. The molecule has 0 aliphatic heterocycles. The lowest BCUT2D eigenvalue weighted by Gasteiger charge is -2.26. The predicted octanol–water partition coefficient (Wildman–Crippen LogP) is 2.25. The fourth-order valence-electron chi connectivity index (χ4n) is 1.70. The molecule has 1 rings (SSSR count). The van der Waals surface area contributed by atoms with Crippen molar-refractivity contribution in [2.24, 2.45) is 11.1 Å². The van der Waals surface area contributed by atoms with Gasteiger partial charge in [-0.1, -0.05) is 19.1 Å². The van der Waals surface area contributed by atoms with Gasteiger partial charge >= 0.3 is 0 Å². The van der Waals surface area contributed by atoms with Gasteiger partial charge in [-0.2, -0.15) is 0 Å². The molecular weight excluding hydrogens is 240 g/mol. The van der Waals surface area contributed by atoms with Gasteiger partial charge in [0.15, 0.2) is 0 Å². The maximum absolute atomic E-state index is 12.1. The van der Waals surface area contributed by atoms with Gasteiger partial charge in [-0.15, -0.1) is 0 Å². The highest BCUT2D eigenvalue weighted by atomic mass is 16.5. The van der Waals surface area contributed by atoms with Crippen LogP contribution in [0.25, 0.3) is 0 Å². The Morgan fingerprint density at radius 1 is 1.37 bits per heavy atom. The first-order valence-corrected chi connectivity index (χ1v) is 6.59. The number of nitrogens with two attached hydrogens (primary N) is 1. The van der Waals surface area contributed by atoms with E-state index in [0.717, 1.165) is 17.7 Å². The third-order valence-corrected chi connectivity index (χ3v) is 3.36. The summed E-state index contributed by atoms with van der Waals surface area (Å²) in [6, 6.07) is 7.76. The Bertz CT molecular complexity index is 413. The second kappa shape index (κ2) is 6.57. The molecule has 0 radical (unpaired) electrons. The quantitative estimate of drug-likeness (QED) is 0.828. The average Bonchev–Trinajstić information content (AvgIpc) is 2.44. The van der Waals surface area contributed by atoms with Crippen LogP contribution >= 0.6 is 0 Å². The highest BCUT2D eigenvalue weighted by molar-refractivity contribution is 5.82. The molecule has 1 amide bonds. The number of carbonyl (C=O) groups excluding carboxylic acids is 1. The molecule has 4 heteroatoms. The number of ether oxygens (including phenoxy) is 1. The fraction of sp³-hybridized carbons (Fsp3) is 0.533. The van der Waals surface area contributed by atoms with E-state index in [1.165, 1.54) is 0 Å². The minimum atomic E-state index is -0.542. The number of nitrogens with one attached hydrogen (secondary N) is 1. The van der Waals surface area contributed by atoms with E-state index in [4.69, 9.17) is 10.5 Å². The zero-order valence-corrected chi connectivity index (χ0v) is 12.2. The summed E-state index contributed by atoms with van der Waals surface area (Å²) < 4.78 is 5.13. The van der Waals surface area contributed by atoms with Crippen LogP contribution in [0.4, 0.5) is 0 Å². The smallest absolute Gasteiger partial charge is 0.227 e. The molecule has 1 atom stereocenters. The van der Waals surface area contributed by atoms with Gasteiger partial charge in [-0.25, -0.2) is 0 Å². The summed E-state index contributed by atoms with van der Waals surface area (Å²) in [5, 5.41) is 3.05. The van der Waals surface area contributed by atoms with E-state index in [1.54, 1.807) is 7.11 Å². The van der Waals surface area contributed by atoms with Crippen molar-refractivity contribution >= 4 is 5.91 Å². The molecule has 106 valence electrons. The van der Waals surface area contributed by atoms with Crippen molar-refractivity contribution < 1.29 is 9.53 Å². The van der Waals surface area contributed by atoms with Gasteiger partial charge in [-0.05, 0) is 38.0 Å². The van der Waals surface area contributed by atoms with Crippen molar-refractivity contribution in [1.29, 1.82) is 0 Å². The molecule has 0 bridgehead atoms. The Kier molecular flexibility index (Phi) is 5.36. The predicted molar refractivity (Wildman–Crippen MR) is 77.0 cm³/mol. The minimum absolute atomic E-state index is 0.00392. The van der Waals surface area contributed by atoms with E-state index >= 15 is 0 Å². The second-order valence-electron chi connectivity index (χ2n) is 5.30. The number of rotatable bonds is 6. The summed E-state index contributed by atoms with van der Waals surface area (Å²) in [6.07, 6.45) is 0.832. The van der Waals surface area contributed by atoms with Crippen LogP contribution in [0.3, 0.4) is 0 Å². The van der Waals surface area contributed by atoms with Gasteiger partial charge in [0.1, 0.15) is 5.75 Å². The van der Waals surface area contributed by atoms with Crippen LogP contribution in [0.15, 0.2) is 24.3 Å². The summed E-state index contributed by atoms with van der Waals surface area (Å²) in [5.41, 5.74) is 6.16. The summed E-state index contributed by atoms with van der Waals surface area (Å²) in [5.74, 6) is 0.796. The van der Waals surface area contributed by atoms with E-state index < -0.39 is 5.41 Å². The third-order valence-electron chi connectivity index (χ3n) is 3.36. The van der Waals surface area contributed by atoms with Crippen molar-refractivity contribution in [3.63, 3.8) is 0 Å². The summed E-state index contributed by atoms with van der Waals surface area (Å²) >= 11 is 0. The van der Waals surface area contributed by atoms with Crippen LogP contribution in [-0.2, 0) is 4.79 Å². The van der Waals surface area contributed by atoms with Gasteiger partial charge < -0.3 is 15.8 Å². The Balaban J connectivity index is 2.80. The molecular formula is C15H24N2O2. The zero-order valence-electron chi connectivity index (χ0n) is 12.2. The van der Waals surface area contributed by atoms with Crippen LogP contribution in [0, 0.1) is 5.41 Å². The molecule has 4 nitrogen and oxygen atoms in total. The molecule has 0 fully saturated rings. The SMILES string of the molecule is CCC(NC(=O)C(C)(C)CN)c1ccc(OC)cc1. The van der Waals surface area contributed by atoms with Crippen LogP contribution in [0.2, 0.25) is 0 Å². The van der Waals surface area contributed by atoms with Gasteiger partial charge in [0, 0.05) is 6.54 Å². The highest BCUT2D eigenvalue weighted by Gasteiger charge is 2.27. The maximum Gasteiger partial charge on any atom is 0.227 e. The number of amides is 1. The van der Waals surface area contributed by atoms with E-state index in [2.05, 4.69) is 5.32 Å². The number of hydrogen-bond acceptors (Lipinski definition) is 3. The molecule has 3 N–H and O–H groups in total. The number of benzene rings is 1. The van der Waals surface area contributed by atoms with E-state index in [-0.39, 0.29) is 11.9 Å². The van der Waals surface area contributed by atoms with E-state index in [0.29, 0.717) is 6.54 Å². The summed E-state index contributed by atoms with van der Waals surface area (Å²) in [4.78, 5) is 12.1. The number of methoxy groups -OCH3 is 1. The molecule has 0 heterocycles. The van der Waals surface area contributed by atoms with Crippen molar-refractivity contribution in [3.8, 4) is 5.75 Å². The van der Waals surface area contributed by atoms with Crippen molar-refractivity contribution in [2.45, 2.75) is 33.2 Å². The fourth-order valence-corrected chi connectivity index (χ4v) is 1.70. The van der Waals surface area contributed by atoms with Crippen molar-refractivity contribution in [2.75, 3.05) is 13.7 Å². The number of hydrogen-bond donors (Lipinski definition) is 2. The molecule has 0 aliphatic carbocycles. The Morgan fingerprint density at radius 3 is 2.37 bits per heavy atom. The monoisotopic (exact) mass is 264 g/mol. The lowest BCUT2D eigenvalue weighted by Crippen LogP contribution is -2.43. The third kappa shape index (κ3) is 3.96. The Hall–Kier alpha value is -1.55. The molecule has 0 aliphatic rings. The first-order valence-electron chi connectivity index (χ1n) is 6.59. The Morgan fingerprint density at radius 2 is 1.95 bits per heavy atom. The van der Waals surface area contributed by atoms with Crippen molar-refractivity contribution in [1.82, 2.24) is 5.32 Å². The van der Waals surface area contributed by atoms with Crippen LogP contribution in [-0.4, -0.2) is 19.6 Å². The molecule has 1 aromatic rings. The van der Waals surface area contributed by atoms with Crippen LogP contribution < -0.4 is 15.8 Å². The molecule has 0 saturated carbocycles. The maximum atomic E-state index is 12.1.